The Labute approximate surface area is 119 Å². The topological polar surface area (TPSA) is 67.4 Å². The highest BCUT2D eigenvalue weighted by molar-refractivity contribution is 5.95. The van der Waals surface area contributed by atoms with Gasteiger partial charge in [-0.2, -0.15) is 0 Å². The molecule has 1 unspecified atom stereocenters. The first-order valence-corrected chi connectivity index (χ1v) is 6.76. The maximum absolute atomic E-state index is 11.8. The number of amides is 1. The van der Waals surface area contributed by atoms with Crippen LogP contribution in [0.15, 0.2) is 18.2 Å². The van der Waals surface area contributed by atoms with Gasteiger partial charge in [0.2, 0.25) is 0 Å². The molecule has 1 amide bonds. The normalized spacial score (nSPS) is 11.6. The molecule has 0 spiro atoms. The van der Waals surface area contributed by atoms with E-state index >= 15 is 0 Å². The first-order chi connectivity index (χ1) is 9.53. The molecule has 0 saturated heterocycles. The summed E-state index contributed by atoms with van der Waals surface area (Å²) in [6.45, 7) is 6.27. The van der Waals surface area contributed by atoms with Gasteiger partial charge in [0.25, 0.3) is 5.91 Å². The second kappa shape index (κ2) is 7.53. The van der Waals surface area contributed by atoms with E-state index in [4.69, 9.17) is 4.74 Å². The number of nitrogens with one attached hydrogen (secondary N) is 2. The van der Waals surface area contributed by atoms with Crippen molar-refractivity contribution in [2.75, 3.05) is 19.0 Å². The van der Waals surface area contributed by atoms with Crippen LogP contribution in [-0.2, 0) is 9.53 Å². The largest absolute Gasteiger partial charge is 0.467 e. The van der Waals surface area contributed by atoms with Crippen LogP contribution in [0.5, 0.6) is 0 Å². The zero-order valence-electron chi connectivity index (χ0n) is 12.4. The molecule has 2 N–H and O–H groups in total. The Kier molecular flexibility index (Phi) is 6.03. The van der Waals surface area contributed by atoms with E-state index in [-0.39, 0.29) is 11.9 Å². The number of esters is 1. The third-order valence-electron chi connectivity index (χ3n) is 3.06. The van der Waals surface area contributed by atoms with Gasteiger partial charge in [-0.25, -0.2) is 4.79 Å². The molecule has 0 radical (unpaired) electrons. The monoisotopic (exact) mass is 278 g/mol. The molecular formula is C15H22N2O3. The Morgan fingerprint density at radius 1 is 1.30 bits per heavy atom. The predicted octanol–water partition coefficient (Wildman–Crippen LogP) is 2.11. The molecule has 0 heterocycles. The third-order valence-corrected chi connectivity index (χ3v) is 3.06. The molecule has 1 rings (SSSR count). The van der Waals surface area contributed by atoms with E-state index < -0.39 is 6.04 Å². The summed E-state index contributed by atoms with van der Waals surface area (Å²) in [6, 6.07) is 4.97. The molecule has 5 heteroatoms. The van der Waals surface area contributed by atoms with E-state index in [0.29, 0.717) is 18.5 Å². The number of benzene rings is 1. The lowest BCUT2D eigenvalue weighted by atomic mass is 10.1. The van der Waals surface area contributed by atoms with E-state index in [2.05, 4.69) is 10.6 Å². The van der Waals surface area contributed by atoms with Crippen molar-refractivity contribution in [2.24, 2.45) is 0 Å². The molecule has 1 aromatic carbocycles. The van der Waals surface area contributed by atoms with Crippen molar-refractivity contribution >= 4 is 17.6 Å². The number of carbonyl (C=O) groups is 2. The molecule has 0 bridgehead atoms. The average molecular weight is 278 g/mol. The number of carbonyl (C=O) groups excluding carboxylic acids is 2. The Morgan fingerprint density at radius 2 is 2.00 bits per heavy atom. The molecule has 1 aromatic rings. The fourth-order valence-electron chi connectivity index (χ4n) is 1.84. The quantitative estimate of drug-likeness (QED) is 0.782. The van der Waals surface area contributed by atoms with E-state index in [9.17, 15) is 9.59 Å². The summed E-state index contributed by atoms with van der Waals surface area (Å²) in [5, 5.41) is 5.88. The van der Waals surface area contributed by atoms with Crippen LogP contribution >= 0.6 is 0 Å². The second-order valence-corrected chi connectivity index (χ2v) is 4.52. The number of rotatable bonds is 6. The summed E-state index contributed by atoms with van der Waals surface area (Å²) in [5.74, 6) is -0.433. The number of ether oxygens (including phenoxy) is 1. The third kappa shape index (κ3) is 3.98. The zero-order chi connectivity index (χ0) is 15.1. The van der Waals surface area contributed by atoms with Crippen LogP contribution < -0.4 is 10.6 Å². The summed E-state index contributed by atoms with van der Waals surface area (Å²) >= 11 is 0. The maximum Gasteiger partial charge on any atom is 0.328 e. The zero-order valence-corrected chi connectivity index (χ0v) is 12.4. The fourth-order valence-corrected chi connectivity index (χ4v) is 1.84. The molecule has 0 saturated carbocycles. The van der Waals surface area contributed by atoms with Gasteiger partial charge >= 0.3 is 5.97 Å². The van der Waals surface area contributed by atoms with Crippen molar-refractivity contribution in [3.63, 3.8) is 0 Å². The smallest absolute Gasteiger partial charge is 0.328 e. The molecule has 20 heavy (non-hydrogen) atoms. The van der Waals surface area contributed by atoms with Crippen molar-refractivity contribution in [1.82, 2.24) is 5.32 Å². The summed E-state index contributed by atoms with van der Waals surface area (Å²) in [7, 11) is 1.37. The SMILES string of the molecule is CCNC(=O)c1ccc(C)c(NC(CC)C(=O)OC)c1. The molecular weight excluding hydrogens is 256 g/mol. The fraction of sp³-hybridized carbons (Fsp3) is 0.467. The molecule has 0 aliphatic heterocycles. The number of anilines is 1. The molecule has 5 nitrogen and oxygen atoms in total. The summed E-state index contributed by atoms with van der Waals surface area (Å²) in [5.41, 5.74) is 2.31. The Balaban J connectivity index is 2.96. The van der Waals surface area contributed by atoms with E-state index in [1.54, 1.807) is 12.1 Å². The standard InChI is InChI=1S/C15H22N2O3/c1-5-12(15(19)20-4)17-13-9-11(8-7-10(13)3)14(18)16-6-2/h7-9,12,17H,5-6H2,1-4H3,(H,16,18). The lowest BCUT2D eigenvalue weighted by molar-refractivity contribution is -0.141. The highest BCUT2D eigenvalue weighted by Crippen LogP contribution is 2.19. The van der Waals surface area contributed by atoms with Crippen LogP contribution in [0.2, 0.25) is 0 Å². The number of aryl methyl sites for hydroxylation is 1. The van der Waals surface area contributed by atoms with Gasteiger partial charge in [0, 0.05) is 17.8 Å². The molecule has 0 fully saturated rings. The van der Waals surface area contributed by atoms with Gasteiger partial charge in [-0.3, -0.25) is 4.79 Å². The Hall–Kier alpha value is -2.04. The summed E-state index contributed by atoms with van der Waals surface area (Å²) in [6.07, 6.45) is 0.609. The van der Waals surface area contributed by atoms with Crippen LogP contribution in [-0.4, -0.2) is 31.6 Å². The Morgan fingerprint density at radius 3 is 2.55 bits per heavy atom. The van der Waals surface area contributed by atoms with Crippen molar-refractivity contribution in [1.29, 1.82) is 0 Å². The molecule has 1 atom stereocenters. The van der Waals surface area contributed by atoms with Crippen molar-refractivity contribution in [2.45, 2.75) is 33.2 Å². The minimum absolute atomic E-state index is 0.123. The second-order valence-electron chi connectivity index (χ2n) is 4.52. The van der Waals surface area contributed by atoms with Gasteiger partial charge in [-0.15, -0.1) is 0 Å². The van der Waals surface area contributed by atoms with Crippen molar-refractivity contribution in [3.8, 4) is 0 Å². The van der Waals surface area contributed by atoms with Gasteiger partial charge in [0.05, 0.1) is 7.11 Å². The van der Waals surface area contributed by atoms with E-state index in [1.807, 2.05) is 26.8 Å². The highest BCUT2D eigenvalue weighted by Gasteiger charge is 2.18. The Bertz CT molecular complexity index is 486. The lowest BCUT2D eigenvalue weighted by Crippen LogP contribution is -2.30. The summed E-state index contributed by atoms with van der Waals surface area (Å²) in [4.78, 5) is 23.4. The molecule has 0 aliphatic carbocycles. The van der Waals surface area contributed by atoms with E-state index in [0.717, 1.165) is 11.3 Å². The van der Waals surface area contributed by atoms with Crippen molar-refractivity contribution < 1.29 is 14.3 Å². The van der Waals surface area contributed by atoms with Crippen LogP contribution in [0.3, 0.4) is 0 Å². The number of hydrogen-bond donors (Lipinski definition) is 2. The lowest BCUT2D eigenvalue weighted by Gasteiger charge is -2.18. The van der Waals surface area contributed by atoms with Gasteiger partial charge < -0.3 is 15.4 Å². The van der Waals surface area contributed by atoms with Gasteiger partial charge in [0.1, 0.15) is 6.04 Å². The maximum atomic E-state index is 11.8. The average Bonchev–Trinajstić information content (AvgIpc) is 2.45. The predicted molar refractivity (Wildman–Crippen MR) is 78.9 cm³/mol. The van der Waals surface area contributed by atoms with E-state index in [1.165, 1.54) is 7.11 Å². The minimum Gasteiger partial charge on any atom is -0.467 e. The molecule has 0 aliphatic rings. The first-order valence-electron chi connectivity index (χ1n) is 6.76. The van der Waals surface area contributed by atoms with Crippen LogP contribution in [0.1, 0.15) is 36.2 Å². The molecule has 110 valence electrons. The minimum atomic E-state index is -0.414. The van der Waals surface area contributed by atoms with Crippen LogP contribution in [0, 0.1) is 6.92 Å². The molecule has 0 aromatic heterocycles. The number of methoxy groups -OCH3 is 1. The van der Waals surface area contributed by atoms with Gasteiger partial charge in [0.15, 0.2) is 0 Å². The van der Waals surface area contributed by atoms with Gasteiger partial charge in [-0.1, -0.05) is 13.0 Å². The van der Waals surface area contributed by atoms with Crippen LogP contribution in [0.25, 0.3) is 0 Å². The van der Waals surface area contributed by atoms with Crippen molar-refractivity contribution in [3.05, 3.63) is 29.3 Å². The van der Waals surface area contributed by atoms with Crippen LogP contribution in [0.4, 0.5) is 5.69 Å². The first kappa shape index (κ1) is 16.0. The number of hydrogen-bond acceptors (Lipinski definition) is 4. The summed E-state index contributed by atoms with van der Waals surface area (Å²) < 4.78 is 4.75. The van der Waals surface area contributed by atoms with Gasteiger partial charge in [-0.05, 0) is 38.0 Å². The highest BCUT2D eigenvalue weighted by atomic mass is 16.5.